The summed E-state index contributed by atoms with van der Waals surface area (Å²) in [4.78, 5) is 10.5. The van der Waals surface area contributed by atoms with Crippen molar-refractivity contribution in [2.45, 2.75) is 53.9 Å². The SMILES string of the molecule is CCC(CCCOC(C)=O)C(C)(C)C. The molecule has 0 aliphatic carbocycles. The van der Waals surface area contributed by atoms with E-state index in [1.807, 2.05) is 0 Å². The average Bonchev–Trinajstić information content (AvgIpc) is 2.01. The first-order valence-electron chi connectivity index (χ1n) is 5.51. The van der Waals surface area contributed by atoms with Gasteiger partial charge in [-0.1, -0.05) is 34.1 Å². The second-order valence-electron chi connectivity index (χ2n) is 4.95. The highest BCUT2D eigenvalue weighted by Crippen LogP contribution is 2.31. The van der Waals surface area contributed by atoms with Crippen LogP contribution in [-0.2, 0) is 9.53 Å². The first-order chi connectivity index (χ1) is 6.38. The summed E-state index contributed by atoms with van der Waals surface area (Å²) in [6, 6.07) is 0. The van der Waals surface area contributed by atoms with Crippen molar-refractivity contribution in [3.05, 3.63) is 0 Å². The Morgan fingerprint density at radius 1 is 1.36 bits per heavy atom. The van der Waals surface area contributed by atoms with E-state index in [9.17, 15) is 4.79 Å². The lowest BCUT2D eigenvalue weighted by Crippen LogP contribution is -2.20. The number of hydrogen-bond donors (Lipinski definition) is 0. The van der Waals surface area contributed by atoms with Crippen LogP contribution in [0.2, 0.25) is 0 Å². The molecule has 1 unspecified atom stereocenters. The fourth-order valence-corrected chi connectivity index (χ4v) is 1.80. The summed E-state index contributed by atoms with van der Waals surface area (Å²) in [5.41, 5.74) is 0.366. The predicted molar refractivity (Wildman–Crippen MR) is 59.1 cm³/mol. The van der Waals surface area contributed by atoms with Gasteiger partial charge in [-0.3, -0.25) is 4.79 Å². The molecule has 14 heavy (non-hydrogen) atoms. The van der Waals surface area contributed by atoms with E-state index >= 15 is 0 Å². The van der Waals surface area contributed by atoms with Gasteiger partial charge in [-0.15, -0.1) is 0 Å². The zero-order valence-electron chi connectivity index (χ0n) is 10.2. The summed E-state index contributed by atoms with van der Waals surface area (Å²) in [6.07, 6.45) is 3.33. The van der Waals surface area contributed by atoms with Crippen LogP contribution in [0.3, 0.4) is 0 Å². The van der Waals surface area contributed by atoms with Gasteiger partial charge in [-0.2, -0.15) is 0 Å². The maximum absolute atomic E-state index is 10.5. The van der Waals surface area contributed by atoms with Gasteiger partial charge in [0.05, 0.1) is 6.61 Å². The fourth-order valence-electron chi connectivity index (χ4n) is 1.80. The average molecular weight is 200 g/mol. The summed E-state index contributed by atoms with van der Waals surface area (Å²) in [5.74, 6) is 0.548. The Bertz CT molecular complexity index is 168. The molecule has 0 spiro atoms. The molecule has 1 atom stereocenters. The van der Waals surface area contributed by atoms with E-state index in [0.29, 0.717) is 12.0 Å². The molecule has 0 amide bonds. The van der Waals surface area contributed by atoms with Crippen LogP contribution < -0.4 is 0 Å². The van der Waals surface area contributed by atoms with Crippen molar-refractivity contribution in [1.29, 1.82) is 0 Å². The Morgan fingerprint density at radius 2 is 1.93 bits per heavy atom. The second kappa shape index (κ2) is 6.05. The molecule has 0 aromatic rings. The molecule has 84 valence electrons. The lowest BCUT2D eigenvalue weighted by atomic mass is 9.77. The van der Waals surface area contributed by atoms with E-state index in [2.05, 4.69) is 27.7 Å². The topological polar surface area (TPSA) is 26.3 Å². The third-order valence-electron chi connectivity index (χ3n) is 2.72. The van der Waals surface area contributed by atoms with E-state index < -0.39 is 0 Å². The summed E-state index contributed by atoms with van der Waals surface area (Å²) >= 11 is 0. The van der Waals surface area contributed by atoms with Gasteiger partial charge in [-0.05, 0) is 24.2 Å². The summed E-state index contributed by atoms with van der Waals surface area (Å²) in [7, 11) is 0. The predicted octanol–water partition coefficient (Wildman–Crippen LogP) is 3.40. The Hall–Kier alpha value is -0.530. The summed E-state index contributed by atoms with van der Waals surface area (Å²) < 4.78 is 4.91. The molecule has 0 radical (unpaired) electrons. The molecular formula is C12H24O2. The molecule has 0 N–H and O–H groups in total. The van der Waals surface area contributed by atoms with Crippen molar-refractivity contribution in [3.8, 4) is 0 Å². The maximum Gasteiger partial charge on any atom is 0.302 e. The van der Waals surface area contributed by atoms with Crippen molar-refractivity contribution in [2.75, 3.05) is 6.61 Å². The quantitative estimate of drug-likeness (QED) is 0.502. The van der Waals surface area contributed by atoms with Crippen LogP contribution >= 0.6 is 0 Å². The Morgan fingerprint density at radius 3 is 2.29 bits per heavy atom. The molecule has 0 aliphatic rings. The van der Waals surface area contributed by atoms with Crippen molar-refractivity contribution < 1.29 is 9.53 Å². The van der Waals surface area contributed by atoms with Crippen LogP contribution in [0, 0.1) is 11.3 Å². The number of carbonyl (C=O) groups is 1. The molecule has 2 nitrogen and oxygen atoms in total. The van der Waals surface area contributed by atoms with Crippen LogP contribution in [0.5, 0.6) is 0 Å². The van der Waals surface area contributed by atoms with Gasteiger partial charge in [0.15, 0.2) is 0 Å². The molecule has 0 aromatic heterocycles. The highest BCUT2D eigenvalue weighted by atomic mass is 16.5. The molecule has 0 heterocycles. The Balaban J connectivity index is 3.69. The Labute approximate surface area is 88.0 Å². The summed E-state index contributed by atoms with van der Waals surface area (Å²) in [6.45, 7) is 11.1. The Kier molecular flexibility index (Phi) is 5.82. The smallest absolute Gasteiger partial charge is 0.302 e. The third kappa shape index (κ3) is 6.01. The van der Waals surface area contributed by atoms with Gasteiger partial charge < -0.3 is 4.74 Å². The third-order valence-corrected chi connectivity index (χ3v) is 2.72. The van der Waals surface area contributed by atoms with Crippen LogP contribution in [-0.4, -0.2) is 12.6 Å². The first-order valence-corrected chi connectivity index (χ1v) is 5.51. The number of rotatable bonds is 5. The van der Waals surface area contributed by atoms with Gasteiger partial charge in [0.2, 0.25) is 0 Å². The summed E-state index contributed by atoms with van der Waals surface area (Å²) in [5, 5.41) is 0. The largest absolute Gasteiger partial charge is 0.466 e. The molecular weight excluding hydrogens is 176 g/mol. The van der Waals surface area contributed by atoms with Crippen molar-refractivity contribution in [1.82, 2.24) is 0 Å². The van der Waals surface area contributed by atoms with Crippen molar-refractivity contribution >= 4 is 5.97 Å². The van der Waals surface area contributed by atoms with Crippen molar-refractivity contribution in [3.63, 3.8) is 0 Å². The molecule has 2 heteroatoms. The van der Waals surface area contributed by atoms with Gasteiger partial charge in [0.25, 0.3) is 0 Å². The van der Waals surface area contributed by atoms with Crippen LogP contribution in [0.4, 0.5) is 0 Å². The van der Waals surface area contributed by atoms with Crippen LogP contribution in [0.15, 0.2) is 0 Å². The van der Waals surface area contributed by atoms with E-state index in [1.165, 1.54) is 13.3 Å². The van der Waals surface area contributed by atoms with Gasteiger partial charge in [-0.25, -0.2) is 0 Å². The minimum atomic E-state index is -0.172. The van der Waals surface area contributed by atoms with Gasteiger partial charge >= 0.3 is 5.97 Å². The van der Waals surface area contributed by atoms with Crippen LogP contribution in [0.1, 0.15) is 53.9 Å². The van der Waals surface area contributed by atoms with E-state index in [0.717, 1.165) is 18.8 Å². The number of esters is 1. The van der Waals surface area contributed by atoms with Gasteiger partial charge in [0.1, 0.15) is 0 Å². The minimum absolute atomic E-state index is 0.172. The molecule has 0 saturated heterocycles. The van der Waals surface area contributed by atoms with Crippen LogP contribution in [0.25, 0.3) is 0 Å². The number of ether oxygens (including phenoxy) is 1. The minimum Gasteiger partial charge on any atom is -0.466 e. The molecule has 0 bridgehead atoms. The fraction of sp³-hybridized carbons (Fsp3) is 0.917. The zero-order valence-corrected chi connectivity index (χ0v) is 10.2. The number of hydrogen-bond acceptors (Lipinski definition) is 2. The first kappa shape index (κ1) is 13.5. The normalized spacial score (nSPS) is 13.8. The molecule has 0 saturated carbocycles. The molecule has 0 fully saturated rings. The molecule has 0 aromatic carbocycles. The standard InChI is InChI=1S/C12H24O2/c1-6-11(12(3,4)5)8-7-9-14-10(2)13/h11H,6-9H2,1-5H3. The number of carbonyl (C=O) groups excluding carboxylic acids is 1. The lowest BCUT2D eigenvalue weighted by Gasteiger charge is -2.29. The van der Waals surface area contributed by atoms with E-state index in [-0.39, 0.29) is 5.97 Å². The molecule has 0 aliphatic heterocycles. The monoisotopic (exact) mass is 200 g/mol. The highest BCUT2D eigenvalue weighted by molar-refractivity contribution is 5.65. The second-order valence-corrected chi connectivity index (χ2v) is 4.95. The van der Waals surface area contributed by atoms with Gasteiger partial charge in [0, 0.05) is 6.92 Å². The van der Waals surface area contributed by atoms with Crippen molar-refractivity contribution in [2.24, 2.45) is 11.3 Å². The maximum atomic E-state index is 10.5. The highest BCUT2D eigenvalue weighted by Gasteiger charge is 2.22. The van der Waals surface area contributed by atoms with E-state index in [4.69, 9.17) is 4.74 Å². The molecule has 0 rings (SSSR count). The zero-order chi connectivity index (χ0) is 11.2. The van der Waals surface area contributed by atoms with E-state index in [1.54, 1.807) is 0 Å². The lowest BCUT2D eigenvalue weighted by molar-refractivity contribution is -0.141.